The predicted octanol–water partition coefficient (Wildman–Crippen LogP) is 3.18. The van der Waals surface area contributed by atoms with Gasteiger partial charge in [-0.2, -0.15) is 0 Å². The number of hydrogen-bond donors (Lipinski definition) is 1. The van der Waals surface area contributed by atoms with Gasteiger partial charge >= 0.3 is 6.09 Å². The number of likely N-dealkylation sites (tertiary alicyclic amines) is 1. The van der Waals surface area contributed by atoms with Crippen molar-refractivity contribution in [1.29, 1.82) is 0 Å². The van der Waals surface area contributed by atoms with Crippen LogP contribution in [0.2, 0.25) is 0 Å². The van der Waals surface area contributed by atoms with Crippen LogP contribution in [-0.4, -0.2) is 51.0 Å². The van der Waals surface area contributed by atoms with Crippen LogP contribution >= 0.6 is 15.9 Å². The maximum Gasteiger partial charge on any atom is 0.409 e. The molecule has 0 saturated carbocycles. The molecular weight excluding hydrogens is 376 g/mol. The highest BCUT2D eigenvalue weighted by Gasteiger charge is 2.23. The van der Waals surface area contributed by atoms with Crippen LogP contribution in [0.3, 0.4) is 0 Å². The number of benzene rings is 1. The Balaban J connectivity index is 1.87. The van der Waals surface area contributed by atoms with Gasteiger partial charge < -0.3 is 24.4 Å². The van der Waals surface area contributed by atoms with Gasteiger partial charge in [-0.25, -0.2) is 4.79 Å². The summed E-state index contributed by atoms with van der Waals surface area (Å²) in [6.45, 7) is 4.43. The molecule has 0 aliphatic carbocycles. The van der Waals surface area contributed by atoms with Crippen molar-refractivity contribution in [3.63, 3.8) is 0 Å². The quantitative estimate of drug-likeness (QED) is 0.794. The first-order chi connectivity index (χ1) is 11.6. The largest absolute Gasteiger partial charge is 0.493 e. The number of ether oxygens (including phenoxy) is 3. The Labute approximate surface area is 151 Å². The number of carbonyl (C=O) groups is 1. The fourth-order valence-electron chi connectivity index (χ4n) is 2.77. The van der Waals surface area contributed by atoms with E-state index in [1.54, 1.807) is 19.1 Å². The van der Waals surface area contributed by atoms with Crippen LogP contribution in [0.15, 0.2) is 16.6 Å². The molecular formula is C17H25BrN2O4. The molecule has 1 fully saturated rings. The first-order valence-electron chi connectivity index (χ1n) is 8.14. The number of methoxy groups -OCH3 is 2. The molecule has 7 heteroatoms. The number of hydrogen-bond acceptors (Lipinski definition) is 5. The van der Waals surface area contributed by atoms with E-state index >= 15 is 0 Å². The van der Waals surface area contributed by atoms with Crippen LogP contribution in [0.4, 0.5) is 4.79 Å². The van der Waals surface area contributed by atoms with Crippen molar-refractivity contribution in [2.24, 2.45) is 0 Å². The lowest BCUT2D eigenvalue weighted by Crippen LogP contribution is -2.44. The van der Waals surface area contributed by atoms with Crippen LogP contribution in [0, 0.1) is 0 Å². The monoisotopic (exact) mass is 400 g/mol. The highest BCUT2D eigenvalue weighted by Crippen LogP contribution is 2.33. The molecule has 0 spiro atoms. The van der Waals surface area contributed by atoms with E-state index in [1.165, 1.54) is 0 Å². The number of nitrogens with one attached hydrogen (secondary N) is 1. The Kier molecular flexibility index (Phi) is 7.17. The van der Waals surface area contributed by atoms with Gasteiger partial charge in [-0.05, 0) is 37.5 Å². The Morgan fingerprint density at radius 1 is 1.25 bits per heavy atom. The summed E-state index contributed by atoms with van der Waals surface area (Å²) in [4.78, 5) is 13.5. The van der Waals surface area contributed by atoms with Crippen LogP contribution in [0.5, 0.6) is 11.5 Å². The van der Waals surface area contributed by atoms with Gasteiger partial charge in [-0.1, -0.05) is 15.9 Å². The molecule has 0 unspecified atom stereocenters. The van der Waals surface area contributed by atoms with Gasteiger partial charge in [0, 0.05) is 30.1 Å². The summed E-state index contributed by atoms with van der Waals surface area (Å²) in [5, 5.41) is 3.55. The second-order valence-electron chi connectivity index (χ2n) is 5.64. The fraction of sp³-hybridized carbons (Fsp3) is 0.588. The molecule has 0 aromatic heterocycles. The Morgan fingerprint density at radius 2 is 1.88 bits per heavy atom. The van der Waals surface area contributed by atoms with Crippen LogP contribution in [0.1, 0.15) is 25.3 Å². The Hall–Kier alpha value is -1.47. The molecule has 0 bridgehead atoms. The van der Waals surface area contributed by atoms with Gasteiger partial charge in [-0.15, -0.1) is 0 Å². The number of nitrogens with zero attached hydrogens (tertiary/aromatic N) is 1. The maximum atomic E-state index is 11.7. The van der Waals surface area contributed by atoms with E-state index in [2.05, 4.69) is 21.2 Å². The molecule has 1 N–H and O–H groups in total. The van der Waals surface area contributed by atoms with Crippen molar-refractivity contribution in [2.45, 2.75) is 32.4 Å². The summed E-state index contributed by atoms with van der Waals surface area (Å²) in [7, 11) is 3.26. The highest BCUT2D eigenvalue weighted by molar-refractivity contribution is 9.10. The minimum Gasteiger partial charge on any atom is -0.493 e. The van der Waals surface area contributed by atoms with Gasteiger partial charge in [0.1, 0.15) is 0 Å². The lowest BCUT2D eigenvalue weighted by atomic mass is 10.0. The van der Waals surface area contributed by atoms with Gasteiger partial charge in [0.05, 0.1) is 20.8 Å². The molecule has 24 heavy (non-hydrogen) atoms. The van der Waals surface area contributed by atoms with Crippen molar-refractivity contribution in [3.8, 4) is 11.5 Å². The van der Waals surface area contributed by atoms with E-state index in [-0.39, 0.29) is 6.09 Å². The first-order valence-corrected chi connectivity index (χ1v) is 8.93. The van der Waals surface area contributed by atoms with E-state index in [4.69, 9.17) is 14.2 Å². The highest BCUT2D eigenvalue weighted by atomic mass is 79.9. The van der Waals surface area contributed by atoms with E-state index in [0.717, 1.165) is 48.3 Å². The fourth-order valence-corrected chi connectivity index (χ4v) is 3.23. The summed E-state index contributed by atoms with van der Waals surface area (Å²) in [5.74, 6) is 1.42. The van der Waals surface area contributed by atoms with E-state index in [0.29, 0.717) is 18.4 Å². The lowest BCUT2D eigenvalue weighted by Gasteiger charge is -2.31. The molecule has 1 aromatic rings. The van der Waals surface area contributed by atoms with Gasteiger partial charge in [0.15, 0.2) is 11.5 Å². The molecule has 134 valence electrons. The van der Waals surface area contributed by atoms with Gasteiger partial charge in [0.25, 0.3) is 0 Å². The van der Waals surface area contributed by atoms with Crippen molar-refractivity contribution in [2.75, 3.05) is 33.9 Å². The summed E-state index contributed by atoms with van der Waals surface area (Å²) >= 11 is 3.58. The Morgan fingerprint density at radius 3 is 2.46 bits per heavy atom. The van der Waals surface area contributed by atoms with E-state index in [9.17, 15) is 4.79 Å². The summed E-state index contributed by atoms with van der Waals surface area (Å²) in [6, 6.07) is 4.28. The number of piperidine rings is 1. The third-order valence-electron chi connectivity index (χ3n) is 4.15. The smallest absolute Gasteiger partial charge is 0.409 e. The maximum absolute atomic E-state index is 11.7. The SMILES string of the molecule is CCOC(=O)N1CCC(NCc2cc(OC)c(OC)cc2Br)CC1. The standard InChI is InChI=1S/C17H25BrN2O4/c1-4-24-17(21)20-7-5-13(6-8-20)19-11-12-9-15(22-2)16(23-3)10-14(12)18/h9-10,13,19H,4-8,11H2,1-3H3. The van der Waals surface area contributed by atoms with Gasteiger partial charge in [0.2, 0.25) is 0 Å². The van der Waals surface area contributed by atoms with E-state index < -0.39 is 0 Å². The summed E-state index contributed by atoms with van der Waals surface area (Å²) in [6.07, 6.45) is 1.63. The van der Waals surface area contributed by atoms with Gasteiger partial charge in [-0.3, -0.25) is 0 Å². The summed E-state index contributed by atoms with van der Waals surface area (Å²) < 4.78 is 16.7. The normalized spacial score (nSPS) is 15.2. The van der Waals surface area contributed by atoms with Crippen LogP contribution in [0.25, 0.3) is 0 Å². The molecule has 0 atom stereocenters. The predicted molar refractivity (Wildman–Crippen MR) is 95.7 cm³/mol. The third-order valence-corrected chi connectivity index (χ3v) is 4.89. The van der Waals surface area contributed by atoms with Crippen molar-refractivity contribution in [3.05, 3.63) is 22.2 Å². The number of rotatable bonds is 6. The summed E-state index contributed by atoms with van der Waals surface area (Å²) in [5.41, 5.74) is 1.11. The third kappa shape index (κ3) is 4.77. The van der Waals surface area contributed by atoms with Crippen molar-refractivity contribution in [1.82, 2.24) is 10.2 Å². The average Bonchev–Trinajstić information content (AvgIpc) is 2.61. The number of amides is 1. The molecule has 1 heterocycles. The van der Waals surface area contributed by atoms with E-state index in [1.807, 2.05) is 19.1 Å². The molecule has 1 aromatic carbocycles. The Bertz CT molecular complexity index is 560. The molecule has 0 radical (unpaired) electrons. The van der Waals surface area contributed by atoms with Crippen molar-refractivity contribution >= 4 is 22.0 Å². The molecule has 1 aliphatic rings. The zero-order chi connectivity index (χ0) is 17.5. The number of halogens is 1. The molecule has 1 aliphatic heterocycles. The van der Waals surface area contributed by atoms with Crippen molar-refractivity contribution < 1.29 is 19.0 Å². The zero-order valence-electron chi connectivity index (χ0n) is 14.4. The minimum absolute atomic E-state index is 0.210. The molecule has 6 nitrogen and oxygen atoms in total. The average molecular weight is 401 g/mol. The van der Waals surface area contributed by atoms with Crippen LogP contribution < -0.4 is 14.8 Å². The lowest BCUT2D eigenvalue weighted by molar-refractivity contribution is 0.0950. The zero-order valence-corrected chi connectivity index (χ0v) is 16.0. The molecule has 1 saturated heterocycles. The number of carbonyl (C=O) groups excluding carboxylic acids is 1. The molecule has 1 amide bonds. The minimum atomic E-state index is -0.210. The van der Waals surface area contributed by atoms with Crippen LogP contribution in [-0.2, 0) is 11.3 Å². The second kappa shape index (κ2) is 9.13. The topological polar surface area (TPSA) is 60.0 Å². The second-order valence-corrected chi connectivity index (χ2v) is 6.49. The first kappa shape index (κ1) is 18.9. The molecule has 2 rings (SSSR count).